The minimum absolute atomic E-state index is 0.709. The Labute approximate surface area is 116 Å². The SMILES string of the molecule is Cc1c(N)cnc(NCCCOCC2CC2)c1Br. The van der Waals surface area contributed by atoms with E-state index in [1.165, 1.54) is 12.8 Å². The molecule has 0 bridgehead atoms. The molecule has 5 heteroatoms. The highest BCUT2D eigenvalue weighted by Crippen LogP contribution is 2.29. The quantitative estimate of drug-likeness (QED) is 0.760. The van der Waals surface area contributed by atoms with Gasteiger partial charge < -0.3 is 15.8 Å². The van der Waals surface area contributed by atoms with E-state index < -0.39 is 0 Å². The summed E-state index contributed by atoms with van der Waals surface area (Å²) in [5, 5.41) is 3.29. The van der Waals surface area contributed by atoms with E-state index in [0.717, 1.165) is 48.0 Å². The van der Waals surface area contributed by atoms with Gasteiger partial charge in [0.05, 0.1) is 16.4 Å². The number of hydrogen-bond acceptors (Lipinski definition) is 4. The molecule has 0 spiro atoms. The third-order valence-corrected chi connectivity index (χ3v) is 4.08. The van der Waals surface area contributed by atoms with E-state index in [4.69, 9.17) is 10.5 Å². The first-order valence-corrected chi connectivity index (χ1v) is 7.20. The molecule has 0 amide bonds. The van der Waals surface area contributed by atoms with Crippen molar-refractivity contribution in [3.05, 3.63) is 16.2 Å². The zero-order valence-electron chi connectivity index (χ0n) is 10.7. The van der Waals surface area contributed by atoms with Crippen LogP contribution < -0.4 is 11.1 Å². The Morgan fingerprint density at radius 3 is 3.06 bits per heavy atom. The average Bonchev–Trinajstić information content (AvgIpc) is 3.17. The molecule has 18 heavy (non-hydrogen) atoms. The molecule has 2 rings (SSSR count). The van der Waals surface area contributed by atoms with Gasteiger partial charge in [-0.15, -0.1) is 0 Å². The Bertz CT molecular complexity index is 407. The molecule has 0 saturated heterocycles. The van der Waals surface area contributed by atoms with Gasteiger partial charge in [-0.2, -0.15) is 0 Å². The summed E-state index contributed by atoms with van der Waals surface area (Å²) < 4.78 is 6.52. The Morgan fingerprint density at radius 2 is 2.33 bits per heavy atom. The standard InChI is InChI=1S/C13H20BrN3O/c1-9-11(15)7-17-13(12(9)14)16-5-2-6-18-8-10-3-4-10/h7,10H,2-6,8,15H2,1H3,(H,16,17). The molecule has 0 aromatic carbocycles. The molecular weight excluding hydrogens is 294 g/mol. The minimum atomic E-state index is 0.709. The van der Waals surface area contributed by atoms with Crippen molar-refractivity contribution in [3.8, 4) is 0 Å². The van der Waals surface area contributed by atoms with Gasteiger partial charge in [0.2, 0.25) is 0 Å². The van der Waals surface area contributed by atoms with Crippen LogP contribution in [0.25, 0.3) is 0 Å². The lowest BCUT2D eigenvalue weighted by atomic mass is 10.2. The number of rotatable bonds is 7. The van der Waals surface area contributed by atoms with Gasteiger partial charge in [-0.05, 0) is 53.6 Å². The van der Waals surface area contributed by atoms with Crippen molar-refractivity contribution in [2.45, 2.75) is 26.2 Å². The van der Waals surface area contributed by atoms with Crippen LogP contribution in [0.3, 0.4) is 0 Å². The average molecular weight is 314 g/mol. The Balaban J connectivity index is 1.67. The lowest BCUT2D eigenvalue weighted by molar-refractivity contribution is 0.124. The van der Waals surface area contributed by atoms with Crippen LogP contribution in [-0.4, -0.2) is 24.7 Å². The maximum Gasteiger partial charge on any atom is 0.140 e. The fourth-order valence-electron chi connectivity index (χ4n) is 1.63. The Hall–Kier alpha value is -0.810. The molecular formula is C13H20BrN3O. The van der Waals surface area contributed by atoms with Crippen LogP contribution in [0.2, 0.25) is 0 Å². The number of hydrogen-bond donors (Lipinski definition) is 2. The molecule has 3 N–H and O–H groups in total. The highest BCUT2D eigenvalue weighted by atomic mass is 79.9. The molecule has 0 aliphatic heterocycles. The molecule has 100 valence electrons. The molecule has 1 aliphatic rings. The molecule has 1 aromatic rings. The second-order valence-corrected chi connectivity index (χ2v) is 5.59. The van der Waals surface area contributed by atoms with Gasteiger partial charge in [-0.3, -0.25) is 0 Å². The van der Waals surface area contributed by atoms with Crippen molar-refractivity contribution in [2.75, 3.05) is 30.8 Å². The number of nitrogen functional groups attached to an aromatic ring is 1. The van der Waals surface area contributed by atoms with E-state index in [1.807, 2.05) is 6.92 Å². The van der Waals surface area contributed by atoms with E-state index in [0.29, 0.717) is 5.69 Å². The van der Waals surface area contributed by atoms with E-state index in [2.05, 4.69) is 26.2 Å². The predicted octanol–water partition coefficient (Wildman–Crippen LogP) is 2.96. The maximum absolute atomic E-state index is 5.78. The topological polar surface area (TPSA) is 60.2 Å². The predicted molar refractivity (Wildman–Crippen MR) is 77.7 cm³/mol. The second kappa shape index (κ2) is 6.38. The minimum Gasteiger partial charge on any atom is -0.397 e. The molecule has 1 aliphatic carbocycles. The molecule has 0 atom stereocenters. The molecule has 4 nitrogen and oxygen atoms in total. The molecule has 0 radical (unpaired) electrons. The van der Waals surface area contributed by atoms with E-state index >= 15 is 0 Å². The largest absolute Gasteiger partial charge is 0.397 e. The van der Waals surface area contributed by atoms with Gasteiger partial charge >= 0.3 is 0 Å². The van der Waals surface area contributed by atoms with Crippen LogP contribution in [0.1, 0.15) is 24.8 Å². The number of ether oxygens (including phenoxy) is 1. The van der Waals surface area contributed by atoms with Crippen LogP contribution in [0, 0.1) is 12.8 Å². The summed E-state index contributed by atoms with van der Waals surface area (Å²) in [4.78, 5) is 4.27. The first-order valence-electron chi connectivity index (χ1n) is 6.40. The number of anilines is 2. The number of nitrogens with one attached hydrogen (secondary N) is 1. The summed E-state index contributed by atoms with van der Waals surface area (Å²) in [6.07, 6.45) is 5.37. The Morgan fingerprint density at radius 1 is 1.56 bits per heavy atom. The van der Waals surface area contributed by atoms with Crippen LogP contribution in [-0.2, 0) is 4.74 Å². The normalized spacial score (nSPS) is 14.8. The van der Waals surface area contributed by atoms with Crippen LogP contribution in [0.15, 0.2) is 10.7 Å². The van der Waals surface area contributed by atoms with Crippen LogP contribution in [0.5, 0.6) is 0 Å². The van der Waals surface area contributed by atoms with E-state index in [-0.39, 0.29) is 0 Å². The van der Waals surface area contributed by atoms with Crippen molar-refractivity contribution < 1.29 is 4.74 Å². The fourth-order valence-corrected chi connectivity index (χ4v) is 2.10. The van der Waals surface area contributed by atoms with Gasteiger partial charge in [0.25, 0.3) is 0 Å². The summed E-state index contributed by atoms with van der Waals surface area (Å²) in [5.74, 6) is 1.69. The van der Waals surface area contributed by atoms with Crippen molar-refractivity contribution in [1.29, 1.82) is 0 Å². The molecule has 1 aromatic heterocycles. The number of aromatic nitrogens is 1. The number of halogens is 1. The number of nitrogens with zero attached hydrogens (tertiary/aromatic N) is 1. The maximum atomic E-state index is 5.78. The van der Waals surface area contributed by atoms with E-state index in [1.54, 1.807) is 6.20 Å². The highest BCUT2D eigenvalue weighted by molar-refractivity contribution is 9.10. The fraction of sp³-hybridized carbons (Fsp3) is 0.615. The summed E-state index contributed by atoms with van der Waals surface area (Å²) in [6, 6.07) is 0. The van der Waals surface area contributed by atoms with Crippen molar-refractivity contribution >= 4 is 27.4 Å². The smallest absolute Gasteiger partial charge is 0.140 e. The number of nitrogens with two attached hydrogens (primary N) is 1. The lowest BCUT2D eigenvalue weighted by Gasteiger charge is -2.10. The van der Waals surface area contributed by atoms with Crippen LogP contribution >= 0.6 is 15.9 Å². The van der Waals surface area contributed by atoms with Gasteiger partial charge in [0.15, 0.2) is 0 Å². The summed E-state index contributed by atoms with van der Waals surface area (Å²) in [5.41, 5.74) is 7.51. The first kappa shape index (κ1) is 13.6. The van der Waals surface area contributed by atoms with Gasteiger partial charge in [-0.25, -0.2) is 4.98 Å². The third-order valence-electron chi connectivity index (χ3n) is 3.11. The lowest BCUT2D eigenvalue weighted by Crippen LogP contribution is -2.09. The second-order valence-electron chi connectivity index (χ2n) is 4.80. The zero-order valence-corrected chi connectivity index (χ0v) is 12.3. The van der Waals surface area contributed by atoms with Crippen molar-refractivity contribution in [1.82, 2.24) is 4.98 Å². The van der Waals surface area contributed by atoms with Crippen LogP contribution in [0.4, 0.5) is 11.5 Å². The highest BCUT2D eigenvalue weighted by Gasteiger charge is 2.20. The number of pyridine rings is 1. The third kappa shape index (κ3) is 3.85. The molecule has 0 unspecified atom stereocenters. The Kier molecular flexibility index (Phi) is 4.83. The molecule has 1 fully saturated rings. The molecule has 1 heterocycles. The monoisotopic (exact) mass is 313 g/mol. The molecule has 1 saturated carbocycles. The summed E-state index contributed by atoms with van der Waals surface area (Å²) in [6.45, 7) is 4.59. The van der Waals surface area contributed by atoms with Crippen molar-refractivity contribution in [3.63, 3.8) is 0 Å². The van der Waals surface area contributed by atoms with Crippen molar-refractivity contribution in [2.24, 2.45) is 5.92 Å². The zero-order chi connectivity index (χ0) is 13.0. The van der Waals surface area contributed by atoms with E-state index in [9.17, 15) is 0 Å². The van der Waals surface area contributed by atoms with Gasteiger partial charge in [0, 0.05) is 19.8 Å². The summed E-state index contributed by atoms with van der Waals surface area (Å²) in [7, 11) is 0. The van der Waals surface area contributed by atoms with Gasteiger partial charge in [-0.1, -0.05) is 0 Å². The first-order chi connectivity index (χ1) is 8.68. The van der Waals surface area contributed by atoms with Gasteiger partial charge in [0.1, 0.15) is 5.82 Å². The summed E-state index contributed by atoms with van der Waals surface area (Å²) >= 11 is 3.50.